The first kappa shape index (κ1) is 27.4. The molecule has 0 saturated carbocycles. The number of ether oxygens (including phenoxy) is 5. The van der Waals surface area contributed by atoms with Crippen LogP contribution in [0.5, 0.6) is 17.2 Å². The van der Waals surface area contributed by atoms with Gasteiger partial charge in [0, 0.05) is 11.5 Å². The van der Waals surface area contributed by atoms with E-state index in [-0.39, 0.29) is 18.4 Å². The summed E-state index contributed by atoms with van der Waals surface area (Å²) in [5.41, 5.74) is 1.28. The fraction of sp³-hybridized carbons (Fsp3) is 0.444. The molecule has 1 aliphatic heterocycles. The molecule has 0 aromatic heterocycles. The van der Waals surface area contributed by atoms with Gasteiger partial charge in [0.1, 0.15) is 0 Å². The second kappa shape index (κ2) is 11.7. The van der Waals surface area contributed by atoms with Gasteiger partial charge in [0.05, 0.1) is 46.2 Å². The number of carbonyl (C=O) groups excluding carboxylic acids is 1. The number of rotatable bonds is 9. The van der Waals surface area contributed by atoms with Gasteiger partial charge >= 0.3 is 12.1 Å². The van der Waals surface area contributed by atoms with E-state index in [0.29, 0.717) is 35.8 Å². The van der Waals surface area contributed by atoms with E-state index < -0.39 is 23.8 Å². The van der Waals surface area contributed by atoms with Crippen molar-refractivity contribution in [3.05, 3.63) is 64.7 Å². The highest BCUT2D eigenvalue weighted by Crippen LogP contribution is 2.46. The molecule has 6 nitrogen and oxygen atoms in total. The summed E-state index contributed by atoms with van der Waals surface area (Å²) in [7, 11) is 4.55. The molecule has 1 heterocycles. The lowest BCUT2D eigenvalue weighted by atomic mass is 9.84. The molecule has 0 spiro atoms. The summed E-state index contributed by atoms with van der Waals surface area (Å²) >= 11 is 0. The van der Waals surface area contributed by atoms with Crippen molar-refractivity contribution in [3.8, 4) is 17.2 Å². The van der Waals surface area contributed by atoms with Crippen LogP contribution in [0.1, 0.15) is 36.6 Å². The number of hydrogen-bond acceptors (Lipinski definition) is 6. The van der Waals surface area contributed by atoms with E-state index in [1.54, 1.807) is 32.1 Å². The summed E-state index contributed by atoms with van der Waals surface area (Å²) in [4.78, 5) is 12.4. The largest absolute Gasteiger partial charge is 0.493 e. The molecule has 2 aromatic carbocycles. The third-order valence-electron chi connectivity index (χ3n) is 6.44. The number of methoxy groups -OCH3 is 3. The number of benzene rings is 2. The van der Waals surface area contributed by atoms with Gasteiger partial charge < -0.3 is 23.7 Å². The predicted molar refractivity (Wildman–Crippen MR) is 127 cm³/mol. The molecular formula is C27H31F3O6. The Balaban J connectivity index is 1.91. The van der Waals surface area contributed by atoms with Crippen LogP contribution in [0.4, 0.5) is 13.2 Å². The maximum atomic E-state index is 13.0. The van der Waals surface area contributed by atoms with Crippen LogP contribution in [0.3, 0.4) is 0 Å². The molecule has 1 aliphatic rings. The van der Waals surface area contributed by atoms with Crippen molar-refractivity contribution in [2.45, 2.75) is 32.5 Å². The monoisotopic (exact) mass is 508 g/mol. The van der Waals surface area contributed by atoms with E-state index in [4.69, 9.17) is 23.7 Å². The van der Waals surface area contributed by atoms with Crippen LogP contribution in [-0.2, 0) is 26.9 Å². The number of allylic oxidation sites excluding steroid dienone is 1. The van der Waals surface area contributed by atoms with Gasteiger partial charge in [0.2, 0.25) is 5.75 Å². The van der Waals surface area contributed by atoms with Crippen molar-refractivity contribution in [3.63, 3.8) is 0 Å². The fourth-order valence-electron chi connectivity index (χ4n) is 4.30. The van der Waals surface area contributed by atoms with E-state index in [1.165, 1.54) is 33.5 Å². The SMILES string of the molecule is C/C=C(/C)C(=O)OC[C@H]1[C@@H](Cc2ccc(C(F)(F)F)cc2)CO[C@@H]1c1cc(OC)c(OC)c(OC)c1. The minimum atomic E-state index is -4.39. The van der Waals surface area contributed by atoms with Crippen LogP contribution in [0.15, 0.2) is 48.0 Å². The van der Waals surface area contributed by atoms with Crippen LogP contribution >= 0.6 is 0 Å². The maximum absolute atomic E-state index is 13.0. The second-order valence-electron chi connectivity index (χ2n) is 8.61. The third kappa shape index (κ3) is 6.13. The summed E-state index contributed by atoms with van der Waals surface area (Å²) < 4.78 is 67.0. The molecule has 9 heteroatoms. The minimum Gasteiger partial charge on any atom is -0.493 e. The first-order valence-electron chi connectivity index (χ1n) is 11.5. The van der Waals surface area contributed by atoms with Crippen molar-refractivity contribution in [1.82, 2.24) is 0 Å². The van der Waals surface area contributed by atoms with Gasteiger partial charge in [-0.1, -0.05) is 18.2 Å². The average Bonchev–Trinajstić information content (AvgIpc) is 3.27. The van der Waals surface area contributed by atoms with Crippen LogP contribution in [0, 0.1) is 11.8 Å². The Kier molecular flexibility index (Phi) is 8.89. The Morgan fingerprint density at radius 1 is 1.06 bits per heavy atom. The Hall–Kier alpha value is -3.20. The molecule has 0 amide bonds. The summed E-state index contributed by atoms with van der Waals surface area (Å²) in [6.45, 7) is 3.84. The number of carbonyl (C=O) groups is 1. The van der Waals surface area contributed by atoms with Crippen LogP contribution in [-0.4, -0.2) is 40.5 Å². The molecule has 3 atom stereocenters. The molecule has 0 unspecified atom stereocenters. The second-order valence-corrected chi connectivity index (χ2v) is 8.61. The van der Waals surface area contributed by atoms with Crippen molar-refractivity contribution in [1.29, 1.82) is 0 Å². The third-order valence-corrected chi connectivity index (χ3v) is 6.44. The minimum absolute atomic E-state index is 0.0800. The van der Waals surface area contributed by atoms with Crippen LogP contribution in [0.2, 0.25) is 0 Å². The molecule has 196 valence electrons. The van der Waals surface area contributed by atoms with Crippen LogP contribution < -0.4 is 14.2 Å². The number of halogens is 3. The van der Waals surface area contributed by atoms with E-state index >= 15 is 0 Å². The number of esters is 1. The van der Waals surface area contributed by atoms with Gasteiger partial charge in [-0.05, 0) is 61.6 Å². The van der Waals surface area contributed by atoms with Crippen molar-refractivity contribution < 1.29 is 41.7 Å². The smallest absolute Gasteiger partial charge is 0.416 e. The molecular weight excluding hydrogens is 477 g/mol. The summed E-state index contributed by atoms with van der Waals surface area (Å²) in [5.74, 6) is 0.564. The van der Waals surface area contributed by atoms with Crippen molar-refractivity contribution in [2.75, 3.05) is 34.5 Å². The predicted octanol–water partition coefficient (Wildman–Crippen LogP) is 5.79. The molecule has 0 radical (unpaired) electrons. The van der Waals surface area contributed by atoms with Gasteiger partial charge in [-0.2, -0.15) is 13.2 Å². The first-order chi connectivity index (χ1) is 17.1. The Bertz CT molecular complexity index is 1050. The van der Waals surface area contributed by atoms with Gasteiger partial charge in [-0.25, -0.2) is 4.79 Å². The summed E-state index contributed by atoms with van der Waals surface area (Å²) in [5, 5.41) is 0. The summed E-state index contributed by atoms with van der Waals surface area (Å²) in [6.07, 6.45) is -2.72. The molecule has 1 fully saturated rings. The lowest BCUT2D eigenvalue weighted by molar-refractivity contribution is -0.141. The van der Waals surface area contributed by atoms with Gasteiger partial charge in [-0.15, -0.1) is 0 Å². The zero-order valence-corrected chi connectivity index (χ0v) is 21.0. The Morgan fingerprint density at radius 3 is 2.17 bits per heavy atom. The number of alkyl halides is 3. The first-order valence-corrected chi connectivity index (χ1v) is 11.5. The van der Waals surface area contributed by atoms with Gasteiger partial charge in [0.25, 0.3) is 0 Å². The van der Waals surface area contributed by atoms with E-state index in [9.17, 15) is 18.0 Å². The molecule has 3 rings (SSSR count). The molecule has 0 bridgehead atoms. The Morgan fingerprint density at radius 2 is 1.67 bits per heavy atom. The summed E-state index contributed by atoms with van der Waals surface area (Å²) in [6, 6.07) is 8.68. The van der Waals surface area contributed by atoms with E-state index in [2.05, 4.69) is 0 Å². The maximum Gasteiger partial charge on any atom is 0.416 e. The van der Waals surface area contributed by atoms with Gasteiger partial charge in [-0.3, -0.25) is 0 Å². The van der Waals surface area contributed by atoms with E-state index in [0.717, 1.165) is 23.3 Å². The average molecular weight is 509 g/mol. The van der Waals surface area contributed by atoms with Crippen molar-refractivity contribution >= 4 is 5.97 Å². The molecule has 0 N–H and O–H groups in total. The highest BCUT2D eigenvalue weighted by Gasteiger charge is 2.40. The highest BCUT2D eigenvalue weighted by atomic mass is 19.4. The molecule has 2 aromatic rings. The van der Waals surface area contributed by atoms with E-state index in [1.807, 2.05) is 0 Å². The zero-order chi connectivity index (χ0) is 26.5. The molecule has 0 aliphatic carbocycles. The van der Waals surface area contributed by atoms with Crippen molar-refractivity contribution in [2.24, 2.45) is 11.8 Å². The lowest BCUT2D eigenvalue weighted by Gasteiger charge is -2.24. The normalized spacial score (nSPS) is 20.2. The molecule has 1 saturated heterocycles. The quantitative estimate of drug-likeness (QED) is 0.316. The van der Waals surface area contributed by atoms with Crippen LogP contribution in [0.25, 0.3) is 0 Å². The zero-order valence-electron chi connectivity index (χ0n) is 21.0. The fourth-order valence-corrected chi connectivity index (χ4v) is 4.30. The standard InChI is InChI=1S/C27H31F3O6/c1-6-16(2)26(31)36-15-21-19(11-17-7-9-20(10-8-17)27(28,29)30)14-35-24(21)18-12-22(32-3)25(34-5)23(13-18)33-4/h6-10,12-13,19,21,24H,11,14-15H2,1-5H3/b16-6-/t19-,21-,24+/m0/s1. The lowest BCUT2D eigenvalue weighted by Crippen LogP contribution is -2.25. The Labute approximate surface area is 208 Å². The topological polar surface area (TPSA) is 63.2 Å². The van der Waals surface area contributed by atoms with Gasteiger partial charge in [0.15, 0.2) is 11.5 Å². The molecule has 36 heavy (non-hydrogen) atoms. The number of hydrogen-bond donors (Lipinski definition) is 0. The highest BCUT2D eigenvalue weighted by molar-refractivity contribution is 5.87.